The highest BCUT2D eigenvalue weighted by Crippen LogP contribution is 2.24. The molecule has 3 amide bonds. The Hall–Kier alpha value is -3.14. The summed E-state index contributed by atoms with van der Waals surface area (Å²) in [6, 6.07) is 3.74. The number of hydrogen-bond donors (Lipinski definition) is 2. The Morgan fingerprint density at radius 2 is 1.84 bits per heavy atom. The van der Waals surface area contributed by atoms with Gasteiger partial charge in [-0.3, -0.25) is 9.59 Å². The van der Waals surface area contributed by atoms with Crippen LogP contribution in [-0.4, -0.2) is 76.7 Å². The number of esters is 1. The highest BCUT2D eigenvalue weighted by atomic mass is 16.6. The number of carbonyl (C=O) groups is 4. The van der Waals surface area contributed by atoms with Crippen molar-refractivity contribution >= 4 is 23.9 Å². The fourth-order valence-corrected chi connectivity index (χ4v) is 3.55. The molecule has 1 fully saturated rings. The van der Waals surface area contributed by atoms with Gasteiger partial charge in [0.25, 0.3) is 5.91 Å². The summed E-state index contributed by atoms with van der Waals surface area (Å²) >= 11 is 0. The number of aromatic hydroxyl groups is 1. The van der Waals surface area contributed by atoms with Crippen LogP contribution in [0.4, 0.5) is 4.79 Å². The molecule has 1 heterocycles. The Balaban J connectivity index is 2.46. The second-order valence-electron chi connectivity index (χ2n) is 8.55. The average molecular weight is 450 g/mol. The van der Waals surface area contributed by atoms with Gasteiger partial charge in [0.2, 0.25) is 5.91 Å². The van der Waals surface area contributed by atoms with E-state index in [0.717, 1.165) is 12.0 Å². The minimum Gasteiger partial charge on any atom is -0.508 e. The van der Waals surface area contributed by atoms with Crippen LogP contribution in [0.1, 0.15) is 39.2 Å². The predicted octanol–water partition coefficient (Wildman–Crippen LogP) is 1.19. The smallest absolute Gasteiger partial charge is 0.417 e. The van der Waals surface area contributed by atoms with Gasteiger partial charge in [0.15, 0.2) is 0 Å². The molecule has 32 heavy (non-hydrogen) atoms. The van der Waals surface area contributed by atoms with Crippen LogP contribution in [0, 0.1) is 0 Å². The number of phenols is 1. The highest BCUT2D eigenvalue weighted by molar-refractivity contribution is 6.01. The summed E-state index contributed by atoms with van der Waals surface area (Å²) in [6.07, 6.45) is -0.179. The first-order chi connectivity index (χ1) is 15.0. The van der Waals surface area contributed by atoms with Crippen LogP contribution in [0.5, 0.6) is 5.75 Å². The molecule has 0 unspecified atom stereocenters. The maximum atomic E-state index is 13.6. The Labute approximate surface area is 187 Å². The van der Waals surface area contributed by atoms with Crippen LogP contribution >= 0.6 is 0 Å². The number of benzene rings is 1. The molecular weight excluding hydrogens is 418 g/mol. The first-order valence-corrected chi connectivity index (χ1v) is 10.4. The van der Waals surface area contributed by atoms with Crippen LogP contribution in [0.15, 0.2) is 24.3 Å². The van der Waals surface area contributed by atoms with Crippen molar-refractivity contribution in [3.05, 3.63) is 29.8 Å². The molecule has 0 aliphatic carbocycles. The predicted molar refractivity (Wildman–Crippen MR) is 114 cm³/mol. The van der Waals surface area contributed by atoms with Gasteiger partial charge in [-0.2, -0.15) is 0 Å². The van der Waals surface area contributed by atoms with Gasteiger partial charge in [-0.25, -0.2) is 14.5 Å². The normalized spacial score (nSPS) is 16.9. The summed E-state index contributed by atoms with van der Waals surface area (Å²) in [5.41, 5.74) is 5.13. The molecule has 176 valence electrons. The van der Waals surface area contributed by atoms with E-state index in [1.165, 1.54) is 17.0 Å². The molecule has 1 aliphatic heterocycles. The standard InChI is InChI=1S/C22H31N3O7/c1-22(2,3)32-21(30)25(19(28)16-6-5-11-24(16)18(27)13-23)17(20(29)31-4)12-14-7-9-15(26)10-8-14/h7-10,16-17,26H,5-6,11-13,23H2,1-4H3/t16-,17-/m0/s1. The van der Waals surface area contributed by atoms with Crippen molar-refractivity contribution in [2.45, 2.75) is 57.7 Å². The third-order valence-electron chi connectivity index (χ3n) is 5.01. The molecule has 2 atom stereocenters. The molecule has 0 aromatic heterocycles. The lowest BCUT2D eigenvalue weighted by Crippen LogP contribution is -2.57. The van der Waals surface area contributed by atoms with Gasteiger partial charge >= 0.3 is 12.1 Å². The first-order valence-electron chi connectivity index (χ1n) is 10.4. The zero-order chi connectivity index (χ0) is 24.1. The fourth-order valence-electron chi connectivity index (χ4n) is 3.55. The molecule has 0 radical (unpaired) electrons. The molecule has 3 N–H and O–H groups in total. The molecule has 1 aromatic carbocycles. The van der Waals surface area contributed by atoms with E-state index < -0.39 is 41.6 Å². The number of nitrogens with zero attached hydrogens (tertiary/aromatic N) is 2. The Morgan fingerprint density at radius 1 is 1.22 bits per heavy atom. The number of imide groups is 1. The maximum absolute atomic E-state index is 13.6. The lowest BCUT2D eigenvalue weighted by Gasteiger charge is -2.34. The molecule has 0 spiro atoms. The van der Waals surface area contributed by atoms with Gasteiger partial charge in [0.05, 0.1) is 13.7 Å². The van der Waals surface area contributed by atoms with Crippen molar-refractivity contribution in [1.29, 1.82) is 0 Å². The van der Waals surface area contributed by atoms with Crippen molar-refractivity contribution in [2.24, 2.45) is 5.73 Å². The number of carbonyl (C=O) groups excluding carboxylic acids is 4. The highest BCUT2D eigenvalue weighted by Gasteiger charge is 2.44. The van der Waals surface area contributed by atoms with Gasteiger partial charge in [-0.15, -0.1) is 0 Å². The Morgan fingerprint density at radius 3 is 2.38 bits per heavy atom. The monoisotopic (exact) mass is 449 g/mol. The van der Waals surface area contributed by atoms with Crippen molar-refractivity contribution in [3.63, 3.8) is 0 Å². The van der Waals surface area contributed by atoms with Gasteiger partial charge in [-0.05, 0) is 51.3 Å². The zero-order valence-corrected chi connectivity index (χ0v) is 18.9. The molecule has 1 aromatic rings. The summed E-state index contributed by atoms with van der Waals surface area (Å²) in [4.78, 5) is 53.7. The van der Waals surface area contributed by atoms with Crippen LogP contribution in [0.2, 0.25) is 0 Å². The second kappa shape index (κ2) is 10.4. The number of hydrogen-bond acceptors (Lipinski definition) is 8. The molecular formula is C22H31N3O7. The van der Waals surface area contributed by atoms with E-state index in [4.69, 9.17) is 15.2 Å². The largest absolute Gasteiger partial charge is 0.508 e. The first kappa shape index (κ1) is 25.1. The summed E-state index contributed by atoms with van der Waals surface area (Å²) in [7, 11) is 1.16. The number of phenolic OH excluding ortho intramolecular Hbond substituents is 1. The number of nitrogens with two attached hydrogens (primary N) is 1. The molecule has 10 heteroatoms. The molecule has 0 bridgehead atoms. The number of methoxy groups -OCH3 is 1. The van der Waals surface area contributed by atoms with E-state index in [-0.39, 0.29) is 18.7 Å². The summed E-state index contributed by atoms with van der Waals surface area (Å²) in [5.74, 6) is -1.93. The van der Waals surface area contributed by atoms with Crippen LogP contribution < -0.4 is 5.73 Å². The topological polar surface area (TPSA) is 139 Å². The summed E-state index contributed by atoms with van der Waals surface area (Å²) < 4.78 is 10.3. The summed E-state index contributed by atoms with van der Waals surface area (Å²) in [5, 5.41) is 9.53. The van der Waals surface area contributed by atoms with Crippen molar-refractivity contribution in [1.82, 2.24) is 9.80 Å². The second-order valence-corrected chi connectivity index (χ2v) is 8.55. The van der Waals surface area contributed by atoms with Gasteiger partial charge in [-0.1, -0.05) is 12.1 Å². The van der Waals surface area contributed by atoms with Crippen LogP contribution in [0.25, 0.3) is 0 Å². The van der Waals surface area contributed by atoms with E-state index in [1.54, 1.807) is 32.9 Å². The molecule has 10 nitrogen and oxygen atoms in total. The third kappa shape index (κ3) is 6.19. The quantitative estimate of drug-likeness (QED) is 0.617. The molecule has 0 saturated carbocycles. The molecule has 2 rings (SSSR count). The average Bonchev–Trinajstić information content (AvgIpc) is 3.22. The number of likely N-dealkylation sites (tertiary alicyclic amines) is 1. The van der Waals surface area contributed by atoms with Crippen LogP contribution in [-0.2, 0) is 30.3 Å². The summed E-state index contributed by atoms with van der Waals surface area (Å²) in [6.45, 7) is 4.97. The Bertz CT molecular complexity index is 848. The van der Waals surface area contributed by atoms with Gasteiger partial charge < -0.3 is 25.2 Å². The zero-order valence-electron chi connectivity index (χ0n) is 18.9. The lowest BCUT2D eigenvalue weighted by atomic mass is 10.0. The van der Waals surface area contributed by atoms with Crippen molar-refractivity contribution < 1.29 is 33.8 Å². The lowest BCUT2D eigenvalue weighted by molar-refractivity contribution is -0.154. The van der Waals surface area contributed by atoms with E-state index in [2.05, 4.69) is 0 Å². The Kier molecular flexibility index (Phi) is 8.20. The van der Waals surface area contributed by atoms with E-state index in [9.17, 15) is 24.3 Å². The van der Waals surface area contributed by atoms with E-state index in [1.807, 2.05) is 0 Å². The SMILES string of the molecule is COC(=O)[C@H](Cc1ccc(O)cc1)N(C(=O)OC(C)(C)C)C(=O)[C@@H]1CCCN1C(=O)CN. The van der Waals surface area contributed by atoms with Crippen molar-refractivity contribution in [2.75, 3.05) is 20.2 Å². The molecule has 1 aliphatic rings. The van der Waals surface area contributed by atoms with Crippen LogP contribution in [0.3, 0.4) is 0 Å². The molecule has 1 saturated heterocycles. The minimum atomic E-state index is -1.33. The number of amides is 3. The number of ether oxygens (including phenoxy) is 2. The van der Waals surface area contributed by atoms with Crippen molar-refractivity contribution in [3.8, 4) is 5.75 Å². The van der Waals surface area contributed by atoms with Gasteiger partial charge in [0.1, 0.15) is 23.4 Å². The van der Waals surface area contributed by atoms with E-state index >= 15 is 0 Å². The number of rotatable bonds is 6. The van der Waals surface area contributed by atoms with Gasteiger partial charge in [0, 0.05) is 13.0 Å². The minimum absolute atomic E-state index is 0.0327. The fraction of sp³-hybridized carbons (Fsp3) is 0.545. The van der Waals surface area contributed by atoms with E-state index in [0.29, 0.717) is 24.9 Å². The maximum Gasteiger partial charge on any atom is 0.417 e. The third-order valence-corrected chi connectivity index (χ3v) is 5.01.